The number of nitriles is 1. The Morgan fingerprint density at radius 2 is 1.95 bits per heavy atom. The standard InChI is InChI=1S/C16H19N3O3/c17-11-14(12-18-9-4-7-15(20)21)16(22)19-10-8-13-5-2-1-3-6-13/h1-3,5-6,12,18H,4,7-10H2,(H,19,22)(H,20,21)/b14-12-. The largest absolute Gasteiger partial charge is 0.481 e. The molecule has 0 saturated carbocycles. The molecule has 0 atom stereocenters. The van der Waals surface area contributed by atoms with Crippen LogP contribution in [0.1, 0.15) is 18.4 Å². The molecule has 1 aromatic rings. The zero-order valence-corrected chi connectivity index (χ0v) is 12.2. The maximum absolute atomic E-state index is 11.8. The summed E-state index contributed by atoms with van der Waals surface area (Å²) in [6.45, 7) is 0.843. The van der Waals surface area contributed by atoms with Crippen LogP contribution in [0, 0.1) is 11.3 Å². The molecule has 0 bridgehead atoms. The topological polar surface area (TPSA) is 102 Å². The number of nitrogens with one attached hydrogen (secondary N) is 2. The molecule has 0 aliphatic rings. The number of nitrogens with zero attached hydrogens (tertiary/aromatic N) is 1. The van der Waals surface area contributed by atoms with Crippen molar-refractivity contribution in [2.75, 3.05) is 13.1 Å². The van der Waals surface area contributed by atoms with Crippen molar-refractivity contribution in [3.63, 3.8) is 0 Å². The van der Waals surface area contributed by atoms with E-state index < -0.39 is 11.9 Å². The lowest BCUT2D eigenvalue weighted by Gasteiger charge is -2.05. The van der Waals surface area contributed by atoms with E-state index in [1.54, 1.807) is 0 Å². The summed E-state index contributed by atoms with van der Waals surface area (Å²) in [5.41, 5.74) is 1.08. The summed E-state index contributed by atoms with van der Waals surface area (Å²) in [4.78, 5) is 22.1. The lowest BCUT2D eigenvalue weighted by atomic mass is 10.1. The van der Waals surface area contributed by atoms with Gasteiger partial charge in [-0.3, -0.25) is 9.59 Å². The van der Waals surface area contributed by atoms with Gasteiger partial charge in [0.05, 0.1) is 0 Å². The number of hydrogen-bond acceptors (Lipinski definition) is 4. The van der Waals surface area contributed by atoms with E-state index in [0.717, 1.165) is 5.56 Å². The molecule has 3 N–H and O–H groups in total. The molecule has 0 aromatic heterocycles. The minimum Gasteiger partial charge on any atom is -0.481 e. The predicted octanol–water partition coefficient (Wildman–Crippen LogP) is 1.21. The number of benzene rings is 1. The molecule has 6 heteroatoms. The number of carbonyl (C=O) groups is 2. The molecule has 1 amide bonds. The second-order valence-electron chi connectivity index (χ2n) is 4.61. The van der Waals surface area contributed by atoms with E-state index in [2.05, 4.69) is 10.6 Å². The number of carboxylic acids is 1. The molecule has 116 valence electrons. The number of carbonyl (C=O) groups excluding carboxylic acids is 1. The Bertz CT molecular complexity index is 562. The van der Waals surface area contributed by atoms with Gasteiger partial charge in [0, 0.05) is 25.7 Å². The summed E-state index contributed by atoms with van der Waals surface area (Å²) in [6, 6.07) is 11.5. The minimum absolute atomic E-state index is 0.0246. The zero-order chi connectivity index (χ0) is 16.2. The molecule has 0 aliphatic heterocycles. The molecular weight excluding hydrogens is 282 g/mol. The van der Waals surface area contributed by atoms with Crippen LogP contribution in [-0.4, -0.2) is 30.1 Å². The van der Waals surface area contributed by atoms with Gasteiger partial charge in [0.2, 0.25) is 0 Å². The van der Waals surface area contributed by atoms with Gasteiger partial charge in [0.25, 0.3) is 5.91 Å². The van der Waals surface area contributed by atoms with Crippen LogP contribution in [0.4, 0.5) is 0 Å². The molecule has 0 spiro atoms. The van der Waals surface area contributed by atoms with Crippen LogP contribution in [0.15, 0.2) is 42.1 Å². The van der Waals surface area contributed by atoms with E-state index >= 15 is 0 Å². The molecule has 1 aromatic carbocycles. The third-order valence-corrected chi connectivity index (χ3v) is 2.87. The molecule has 0 unspecified atom stereocenters. The fourth-order valence-corrected chi connectivity index (χ4v) is 1.72. The van der Waals surface area contributed by atoms with Gasteiger partial charge in [-0.2, -0.15) is 5.26 Å². The monoisotopic (exact) mass is 301 g/mol. The lowest BCUT2D eigenvalue weighted by molar-refractivity contribution is -0.137. The normalized spacial score (nSPS) is 10.6. The predicted molar refractivity (Wildman–Crippen MR) is 81.7 cm³/mol. The van der Waals surface area contributed by atoms with Crippen molar-refractivity contribution < 1.29 is 14.7 Å². The van der Waals surface area contributed by atoms with Crippen molar-refractivity contribution in [3.8, 4) is 6.07 Å². The minimum atomic E-state index is -0.870. The first-order valence-electron chi connectivity index (χ1n) is 7.01. The maximum Gasteiger partial charge on any atom is 0.303 e. The first-order valence-corrected chi connectivity index (χ1v) is 7.01. The first kappa shape index (κ1) is 17.2. The Kier molecular flexibility index (Phi) is 7.83. The van der Waals surface area contributed by atoms with Crippen LogP contribution in [0.25, 0.3) is 0 Å². The second kappa shape index (κ2) is 10.00. The van der Waals surface area contributed by atoms with Gasteiger partial charge in [-0.05, 0) is 18.4 Å². The van der Waals surface area contributed by atoms with Crippen LogP contribution >= 0.6 is 0 Å². The van der Waals surface area contributed by atoms with Crippen molar-refractivity contribution in [3.05, 3.63) is 47.7 Å². The van der Waals surface area contributed by atoms with E-state index in [1.807, 2.05) is 36.4 Å². The number of hydrogen-bond donors (Lipinski definition) is 3. The third kappa shape index (κ3) is 7.10. The van der Waals surface area contributed by atoms with Gasteiger partial charge in [-0.25, -0.2) is 0 Å². The number of carboxylic acid groups (broad SMARTS) is 1. The summed E-state index contributed by atoms with van der Waals surface area (Å²) in [5, 5.41) is 22.9. The van der Waals surface area contributed by atoms with Crippen molar-refractivity contribution in [1.29, 1.82) is 5.26 Å². The molecule has 0 saturated heterocycles. The van der Waals surface area contributed by atoms with Crippen molar-refractivity contribution in [1.82, 2.24) is 10.6 Å². The van der Waals surface area contributed by atoms with Gasteiger partial charge < -0.3 is 15.7 Å². The lowest BCUT2D eigenvalue weighted by Crippen LogP contribution is -2.27. The second-order valence-corrected chi connectivity index (χ2v) is 4.61. The van der Waals surface area contributed by atoms with Crippen LogP contribution in [0.3, 0.4) is 0 Å². The maximum atomic E-state index is 11.8. The summed E-state index contributed by atoms with van der Waals surface area (Å²) >= 11 is 0. The van der Waals surface area contributed by atoms with Crippen LogP contribution in [-0.2, 0) is 16.0 Å². The SMILES string of the molecule is N#C/C(=C/NCCCC(=O)O)C(=O)NCCc1ccccc1. The Balaban J connectivity index is 2.31. The van der Waals surface area contributed by atoms with Gasteiger partial charge in [0.1, 0.15) is 11.6 Å². The summed E-state index contributed by atoms with van der Waals surface area (Å²) < 4.78 is 0. The quantitative estimate of drug-likeness (QED) is 0.361. The van der Waals surface area contributed by atoms with Crippen molar-refractivity contribution in [2.24, 2.45) is 0 Å². The molecular formula is C16H19N3O3. The molecule has 0 heterocycles. The summed E-state index contributed by atoms with van der Waals surface area (Å²) in [5.74, 6) is -1.31. The fourth-order valence-electron chi connectivity index (χ4n) is 1.72. The van der Waals surface area contributed by atoms with Crippen molar-refractivity contribution >= 4 is 11.9 Å². The Hall–Kier alpha value is -2.81. The van der Waals surface area contributed by atoms with Gasteiger partial charge in [-0.15, -0.1) is 0 Å². The van der Waals surface area contributed by atoms with E-state index in [1.165, 1.54) is 6.20 Å². The van der Waals surface area contributed by atoms with Crippen LogP contribution in [0.2, 0.25) is 0 Å². The smallest absolute Gasteiger partial charge is 0.303 e. The zero-order valence-electron chi connectivity index (χ0n) is 12.2. The first-order chi connectivity index (χ1) is 10.6. The van der Waals surface area contributed by atoms with Crippen molar-refractivity contribution in [2.45, 2.75) is 19.3 Å². The third-order valence-electron chi connectivity index (χ3n) is 2.87. The summed E-state index contributed by atoms with van der Waals surface area (Å²) in [7, 11) is 0. The molecule has 0 aliphatic carbocycles. The highest BCUT2D eigenvalue weighted by Crippen LogP contribution is 1.99. The van der Waals surface area contributed by atoms with Crippen LogP contribution < -0.4 is 10.6 Å². The van der Waals surface area contributed by atoms with E-state index in [0.29, 0.717) is 25.9 Å². The number of amides is 1. The van der Waals surface area contributed by atoms with Gasteiger partial charge >= 0.3 is 5.97 Å². The Labute approximate surface area is 129 Å². The van der Waals surface area contributed by atoms with E-state index in [4.69, 9.17) is 10.4 Å². The van der Waals surface area contributed by atoms with E-state index in [-0.39, 0.29) is 12.0 Å². The molecule has 0 fully saturated rings. The Morgan fingerprint density at radius 1 is 1.23 bits per heavy atom. The number of rotatable bonds is 9. The molecule has 0 radical (unpaired) electrons. The average Bonchev–Trinajstić information content (AvgIpc) is 2.51. The molecule has 6 nitrogen and oxygen atoms in total. The summed E-state index contributed by atoms with van der Waals surface area (Å²) in [6.07, 6.45) is 2.49. The average molecular weight is 301 g/mol. The molecule has 1 rings (SSSR count). The van der Waals surface area contributed by atoms with Gasteiger partial charge in [0.15, 0.2) is 0 Å². The fraction of sp³-hybridized carbons (Fsp3) is 0.312. The van der Waals surface area contributed by atoms with Gasteiger partial charge in [-0.1, -0.05) is 30.3 Å². The highest BCUT2D eigenvalue weighted by atomic mass is 16.4. The molecule has 22 heavy (non-hydrogen) atoms. The van der Waals surface area contributed by atoms with E-state index in [9.17, 15) is 9.59 Å². The van der Waals surface area contributed by atoms with Crippen LogP contribution in [0.5, 0.6) is 0 Å². The highest BCUT2D eigenvalue weighted by Gasteiger charge is 2.07. The number of aliphatic carboxylic acids is 1. The highest BCUT2D eigenvalue weighted by molar-refractivity contribution is 5.97. The Morgan fingerprint density at radius 3 is 2.59 bits per heavy atom.